The van der Waals surface area contributed by atoms with E-state index in [1.54, 1.807) is 6.20 Å². The molecule has 2 amide bonds. The zero-order valence-electron chi connectivity index (χ0n) is 15.5. The van der Waals surface area contributed by atoms with Gasteiger partial charge in [-0.2, -0.15) is 13.2 Å². The summed E-state index contributed by atoms with van der Waals surface area (Å²) < 4.78 is 31.7. The number of aliphatic hydroxyl groups is 1. The summed E-state index contributed by atoms with van der Waals surface area (Å²) in [6.45, 7) is 1.99. The molecule has 0 bridgehead atoms. The number of hydrogen-bond donors (Lipinski definition) is 3. The second-order valence-electron chi connectivity index (χ2n) is 6.87. The van der Waals surface area contributed by atoms with E-state index in [9.17, 15) is 27.9 Å². The SMILES string of the molecule is O=C(O)C(F)(F)F.O=C1CCC(c2ccnc(N3CCC(CO)CC3)c2)C(=O)N1. The van der Waals surface area contributed by atoms with Gasteiger partial charge in [0, 0.05) is 32.3 Å². The van der Waals surface area contributed by atoms with E-state index in [0.717, 1.165) is 37.3 Å². The third-order valence-corrected chi connectivity index (χ3v) is 4.85. The highest BCUT2D eigenvalue weighted by atomic mass is 19.4. The Balaban J connectivity index is 0.000000370. The lowest BCUT2D eigenvalue weighted by Crippen LogP contribution is -2.39. The predicted molar refractivity (Wildman–Crippen MR) is 95.1 cm³/mol. The number of aromatic nitrogens is 1. The molecule has 2 saturated heterocycles. The molecule has 0 saturated carbocycles. The maximum absolute atomic E-state index is 12.0. The highest BCUT2D eigenvalue weighted by Gasteiger charge is 2.38. The maximum atomic E-state index is 12.0. The normalized spacial score (nSPS) is 20.6. The number of piperidine rings is 2. The minimum atomic E-state index is -5.08. The van der Waals surface area contributed by atoms with Crippen molar-refractivity contribution in [3.05, 3.63) is 23.9 Å². The summed E-state index contributed by atoms with van der Waals surface area (Å²) in [6, 6.07) is 3.81. The zero-order valence-corrected chi connectivity index (χ0v) is 15.5. The molecule has 160 valence electrons. The Morgan fingerprint density at radius 3 is 2.38 bits per heavy atom. The minimum Gasteiger partial charge on any atom is -0.475 e. The van der Waals surface area contributed by atoms with Crippen molar-refractivity contribution in [2.75, 3.05) is 24.6 Å². The second-order valence-corrected chi connectivity index (χ2v) is 6.87. The predicted octanol–water partition coefficient (Wildman–Crippen LogP) is 1.44. The highest BCUT2D eigenvalue weighted by Crippen LogP contribution is 2.28. The Morgan fingerprint density at radius 1 is 1.24 bits per heavy atom. The van der Waals surface area contributed by atoms with Crippen LogP contribution in [0.4, 0.5) is 19.0 Å². The Kier molecular flexibility index (Phi) is 7.54. The van der Waals surface area contributed by atoms with Crippen LogP contribution in [0.15, 0.2) is 18.3 Å². The molecule has 1 aromatic rings. The van der Waals surface area contributed by atoms with E-state index in [1.165, 1.54) is 0 Å². The van der Waals surface area contributed by atoms with Gasteiger partial charge in [0.2, 0.25) is 11.8 Å². The van der Waals surface area contributed by atoms with Gasteiger partial charge in [-0.25, -0.2) is 9.78 Å². The summed E-state index contributed by atoms with van der Waals surface area (Å²) in [4.78, 5) is 38.7. The van der Waals surface area contributed by atoms with Gasteiger partial charge in [-0.1, -0.05) is 0 Å². The van der Waals surface area contributed by atoms with Gasteiger partial charge in [-0.15, -0.1) is 0 Å². The first kappa shape index (κ1) is 22.6. The Labute approximate surface area is 164 Å². The van der Waals surface area contributed by atoms with Crippen LogP contribution >= 0.6 is 0 Å². The van der Waals surface area contributed by atoms with Crippen molar-refractivity contribution in [2.24, 2.45) is 5.92 Å². The Hall–Kier alpha value is -2.69. The fourth-order valence-corrected chi connectivity index (χ4v) is 3.18. The molecule has 3 heterocycles. The number of carbonyl (C=O) groups excluding carboxylic acids is 2. The number of carboxylic acids is 1. The largest absolute Gasteiger partial charge is 0.490 e. The molecule has 1 unspecified atom stereocenters. The summed E-state index contributed by atoms with van der Waals surface area (Å²) >= 11 is 0. The lowest BCUT2D eigenvalue weighted by Gasteiger charge is -2.32. The van der Waals surface area contributed by atoms with Crippen molar-refractivity contribution in [2.45, 2.75) is 37.8 Å². The number of carbonyl (C=O) groups is 3. The van der Waals surface area contributed by atoms with Gasteiger partial charge in [0.15, 0.2) is 0 Å². The van der Waals surface area contributed by atoms with Crippen molar-refractivity contribution in [1.29, 1.82) is 0 Å². The van der Waals surface area contributed by atoms with E-state index in [1.807, 2.05) is 12.1 Å². The fourth-order valence-electron chi connectivity index (χ4n) is 3.18. The van der Waals surface area contributed by atoms with Gasteiger partial charge >= 0.3 is 12.1 Å². The third kappa shape index (κ3) is 6.41. The van der Waals surface area contributed by atoms with Crippen LogP contribution in [-0.2, 0) is 14.4 Å². The average molecular weight is 417 g/mol. The van der Waals surface area contributed by atoms with Crippen LogP contribution in [0.25, 0.3) is 0 Å². The quantitative estimate of drug-likeness (QED) is 0.637. The van der Waals surface area contributed by atoms with Crippen LogP contribution in [0.5, 0.6) is 0 Å². The molecule has 2 aliphatic heterocycles. The first-order valence-corrected chi connectivity index (χ1v) is 9.07. The molecule has 2 fully saturated rings. The number of carboxylic acid groups (broad SMARTS) is 1. The fraction of sp³-hybridized carbons (Fsp3) is 0.556. The van der Waals surface area contributed by atoms with Crippen LogP contribution in [0.1, 0.15) is 37.2 Å². The number of halogens is 3. The highest BCUT2D eigenvalue weighted by molar-refractivity contribution is 6.00. The molecular weight excluding hydrogens is 395 g/mol. The zero-order chi connectivity index (χ0) is 21.6. The monoisotopic (exact) mass is 417 g/mol. The summed E-state index contributed by atoms with van der Waals surface area (Å²) in [5, 5.41) is 18.7. The minimum absolute atomic E-state index is 0.193. The van der Waals surface area contributed by atoms with Crippen LogP contribution < -0.4 is 10.2 Å². The third-order valence-electron chi connectivity index (χ3n) is 4.85. The van der Waals surface area contributed by atoms with E-state index in [-0.39, 0.29) is 24.3 Å². The van der Waals surface area contributed by atoms with E-state index in [4.69, 9.17) is 9.90 Å². The number of rotatable bonds is 3. The average Bonchev–Trinajstić information content (AvgIpc) is 2.68. The van der Waals surface area contributed by atoms with Crippen LogP contribution in [-0.4, -0.2) is 58.9 Å². The van der Waals surface area contributed by atoms with Gasteiger partial charge < -0.3 is 15.1 Å². The topological polar surface area (TPSA) is 120 Å². The molecule has 1 aromatic heterocycles. The van der Waals surface area contributed by atoms with Gasteiger partial charge in [0.25, 0.3) is 0 Å². The lowest BCUT2D eigenvalue weighted by atomic mass is 9.91. The number of aliphatic hydroxyl groups excluding tert-OH is 1. The van der Waals surface area contributed by atoms with Gasteiger partial charge in [-0.3, -0.25) is 14.9 Å². The number of imide groups is 1. The van der Waals surface area contributed by atoms with E-state index < -0.39 is 12.1 Å². The molecule has 8 nitrogen and oxygen atoms in total. The van der Waals surface area contributed by atoms with Crippen molar-refractivity contribution < 1.29 is 37.8 Å². The van der Waals surface area contributed by atoms with Crippen molar-refractivity contribution in [3.8, 4) is 0 Å². The second kappa shape index (κ2) is 9.68. The number of nitrogens with one attached hydrogen (secondary N) is 1. The van der Waals surface area contributed by atoms with E-state index >= 15 is 0 Å². The standard InChI is InChI=1S/C16H21N3O3.C2HF3O2/c20-10-11-4-7-19(8-5-11)14-9-12(3-6-17-14)13-1-2-15(21)18-16(13)22;3-2(4,5)1(6)7/h3,6,9,11,13,20H,1-2,4-5,7-8,10H2,(H,18,21,22);(H,6,7). The van der Waals surface area contributed by atoms with Crippen molar-refractivity contribution in [1.82, 2.24) is 10.3 Å². The summed E-state index contributed by atoms with van der Waals surface area (Å²) in [5.74, 6) is -2.18. The smallest absolute Gasteiger partial charge is 0.475 e. The molecule has 0 radical (unpaired) electrons. The van der Waals surface area contributed by atoms with Crippen LogP contribution in [0, 0.1) is 5.92 Å². The van der Waals surface area contributed by atoms with Crippen LogP contribution in [0.2, 0.25) is 0 Å². The molecule has 0 spiro atoms. The summed E-state index contributed by atoms with van der Waals surface area (Å²) in [7, 11) is 0. The van der Waals surface area contributed by atoms with Gasteiger partial charge in [0.1, 0.15) is 5.82 Å². The molecule has 29 heavy (non-hydrogen) atoms. The first-order chi connectivity index (χ1) is 13.6. The number of hydrogen-bond acceptors (Lipinski definition) is 6. The molecule has 11 heteroatoms. The molecule has 0 aromatic carbocycles. The summed E-state index contributed by atoms with van der Waals surface area (Å²) in [6.07, 6.45) is -0.495. The number of alkyl halides is 3. The first-order valence-electron chi connectivity index (χ1n) is 9.07. The molecule has 0 aliphatic carbocycles. The molecular formula is C18H22F3N3O5. The molecule has 3 rings (SSSR count). The van der Waals surface area contributed by atoms with Gasteiger partial charge in [0.05, 0.1) is 5.92 Å². The lowest BCUT2D eigenvalue weighted by molar-refractivity contribution is -0.192. The number of anilines is 1. The van der Waals surface area contributed by atoms with Crippen molar-refractivity contribution >= 4 is 23.6 Å². The van der Waals surface area contributed by atoms with Crippen LogP contribution in [0.3, 0.4) is 0 Å². The number of nitrogens with zero attached hydrogens (tertiary/aromatic N) is 2. The molecule has 2 aliphatic rings. The maximum Gasteiger partial charge on any atom is 0.490 e. The Morgan fingerprint density at radius 2 is 1.86 bits per heavy atom. The molecule has 1 atom stereocenters. The van der Waals surface area contributed by atoms with E-state index in [2.05, 4.69) is 15.2 Å². The van der Waals surface area contributed by atoms with Crippen molar-refractivity contribution in [3.63, 3.8) is 0 Å². The molecule has 3 N–H and O–H groups in total. The van der Waals surface area contributed by atoms with Gasteiger partial charge in [-0.05, 0) is 42.9 Å². The number of aliphatic carboxylic acids is 1. The van der Waals surface area contributed by atoms with E-state index in [0.29, 0.717) is 18.8 Å². The number of amides is 2. The summed E-state index contributed by atoms with van der Waals surface area (Å²) in [5.41, 5.74) is 0.916. The number of pyridine rings is 1. The Bertz CT molecular complexity index is 749.